The Balaban J connectivity index is 1.61. The van der Waals surface area contributed by atoms with Gasteiger partial charge in [-0.1, -0.05) is 17.7 Å². The van der Waals surface area contributed by atoms with Crippen molar-refractivity contribution in [3.8, 4) is 18.2 Å². The lowest BCUT2D eigenvalue weighted by Gasteiger charge is -2.34. The second kappa shape index (κ2) is 8.65. The normalized spacial score (nSPS) is 25.4. The Hall–Kier alpha value is -3.16. The molecule has 1 aromatic heterocycles. The van der Waals surface area contributed by atoms with E-state index in [9.17, 15) is 4.79 Å². The topological polar surface area (TPSA) is 112 Å². The predicted molar refractivity (Wildman–Crippen MR) is 125 cm³/mol. The zero-order valence-corrected chi connectivity index (χ0v) is 19.3. The number of hydrogen-bond acceptors (Lipinski definition) is 8. The first-order chi connectivity index (χ1) is 15.7. The molecule has 8 nitrogen and oxygen atoms in total. The molecule has 172 valence electrons. The maximum Gasteiger partial charge on any atom is 0.275 e. The summed E-state index contributed by atoms with van der Waals surface area (Å²) >= 11 is 1.49. The smallest absolute Gasteiger partial charge is 0.275 e. The van der Waals surface area contributed by atoms with E-state index in [2.05, 4.69) is 26.2 Å². The summed E-state index contributed by atoms with van der Waals surface area (Å²) in [4.78, 5) is 25.4. The molecule has 1 amide bonds. The number of nitrogens with zero attached hydrogens (tertiary/aromatic N) is 3. The van der Waals surface area contributed by atoms with Gasteiger partial charge in [0.1, 0.15) is 11.5 Å². The summed E-state index contributed by atoms with van der Waals surface area (Å²) in [6.07, 6.45) is 8.55. The molecule has 0 saturated heterocycles. The van der Waals surface area contributed by atoms with E-state index in [0.717, 1.165) is 6.42 Å². The van der Waals surface area contributed by atoms with Crippen LogP contribution in [0.5, 0.6) is 5.88 Å². The number of amides is 1. The Labute approximate surface area is 195 Å². The maximum atomic E-state index is 15.3. The summed E-state index contributed by atoms with van der Waals surface area (Å²) in [6, 6.07) is 3.18. The molecule has 2 heterocycles. The standard InChI is InChI=1S/C23H24FN5O3S/c1-5-6-32-18-11-26-16(10-27-18)20(30)28-14-7-13(2)19(24)15(8-14)22(3)17-9-23(17,12-31-4)33-21(25)29-22/h1,7-8,10-11,17H,6,9,12H2,2-4H3,(H2,25,29)(H,28,30)/t17-,22+,23?/m0/s1. The van der Waals surface area contributed by atoms with Crippen LogP contribution in [0, 0.1) is 31.0 Å². The summed E-state index contributed by atoms with van der Waals surface area (Å²) in [5.41, 5.74) is 6.53. The van der Waals surface area contributed by atoms with E-state index in [4.69, 9.17) is 21.6 Å². The van der Waals surface area contributed by atoms with Gasteiger partial charge in [-0.25, -0.2) is 14.4 Å². The predicted octanol–water partition coefficient (Wildman–Crippen LogP) is 2.87. The highest BCUT2D eigenvalue weighted by Gasteiger charge is 2.66. The Morgan fingerprint density at radius 2 is 2.21 bits per heavy atom. The molecule has 10 heteroatoms. The van der Waals surface area contributed by atoms with Gasteiger partial charge in [0.05, 0.1) is 29.3 Å². The number of fused-ring (bicyclic) bond motifs is 1. The Morgan fingerprint density at radius 1 is 1.42 bits per heavy atom. The number of carbonyl (C=O) groups is 1. The highest BCUT2D eigenvalue weighted by atomic mass is 32.2. The van der Waals surface area contributed by atoms with Gasteiger partial charge in [-0.15, -0.1) is 6.42 Å². The number of nitrogens with one attached hydrogen (secondary N) is 1. The third kappa shape index (κ3) is 4.26. The van der Waals surface area contributed by atoms with Crippen LogP contribution in [0.1, 0.15) is 35.0 Å². The van der Waals surface area contributed by atoms with Crippen LogP contribution in [0.2, 0.25) is 0 Å². The van der Waals surface area contributed by atoms with Crippen molar-refractivity contribution in [3.63, 3.8) is 0 Å². The Kier molecular flexibility index (Phi) is 6.03. The minimum absolute atomic E-state index is 0.0504. The lowest BCUT2D eigenvalue weighted by molar-refractivity contribution is 0.102. The third-order valence-electron chi connectivity index (χ3n) is 5.96. The quantitative estimate of drug-likeness (QED) is 0.600. The van der Waals surface area contributed by atoms with Crippen molar-refractivity contribution >= 4 is 28.5 Å². The number of amidine groups is 1. The molecule has 4 rings (SSSR count). The van der Waals surface area contributed by atoms with Gasteiger partial charge in [0.2, 0.25) is 5.88 Å². The molecule has 0 spiro atoms. The highest BCUT2D eigenvalue weighted by Crippen LogP contribution is 2.66. The SMILES string of the molecule is C#CCOc1cnc(C(=O)Nc2cc(C)c(F)c([C@@]3(C)N=C(N)SC4(COC)C[C@H]43)c2)cn1. The molecule has 3 atom stereocenters. The molecule has 0 radical (unpaired) electrons. The number of anilines is 1. The minimum atomic E-state index is -0.876. The first kappa shape index (κ1) is 23.0. The van der Waals surface area contributed by atoms with Gasteiger partial charge < -0.3 is 20.5 Å². The molecule has 2 aliphatic rings. The molecule has 3 N–H and O–H groups in total. The number of terminal acetylenes is 1. The van der Waals surface area contributed by atoms with Gasteiger partial charge in [0, 0.05) is 24.3 Å². The fraction of sp³-hybridized carbons (Fsp3) is 0.391. The van der Waals surface area contributed by atoms with Crippen LogP contribution in [0.4, 0.5) is 10.1 Å². The number of hydrogen-bond donors (Lipinski definition) is 2. The van der Waals surface area contributed by atoms with Crippen molar-refractivity contribution in [2.45, 2.75) is 30.6 Å². The number of aliphatic imine (C=N–C) groups is 1. The molecule has 1 unspecified atom stereocenters. The number of halogens is 1. The first-order valence-electron chi connectivity index (χ1n) is 10.3. The molecule has 1 saturated carbocycles. The molecule has 2 aromatic rings. The summed E-state index contributed by atoms with van der Waals surface area (Å²) in [7, 11) is 1.64. The fourth-order valence-corrected chi connectivity index (χ4v) is 5.81. The zero-order valence-electron chi connectivity index (χ0n) is 18.5. The highest BCUT2D eigenvalue weighted by molar-refractivity contribution is 8.15. The number of aromatic nitrogens is 2. The lowest BCUT2D eigenvalue weighted by Crippen LogP contribution is -2.37. The van der Waals surface area contributed by atoms with Gasteiger partial charge in [-0.3, -0.25) is 9.79 Å². The summed E-state index contributed by atoms with van der Waals surface area (Å²) in [5, 5.41) is 3.17. The van der Waals surface area contributed by atoms with Crippen LogP contribution in [-0.4, -0.2) is 46.1 Å². The molecule has 0 bridgehead atoms. The number of methoxy groups -OCH3 is 1. The average Bonchev–Trinajstić information content (AvgIpc) is 3.49. The molecule has 33 heavy (non-hydrogen) atoms. The van der Waals surface area contributed by atoms with E-state index in [-0.39, 0.29) is 34.7 Å². The second-order valence-corrected chi connectivity index (χ2v) is 9.73. The number of carbonyl (C=O) groups excluding carboxylic acids is 1. The van der Waals surface area contributed by atoms with E-state index in [1.54, 1.807) is 26.2 Å². The van der Waals surface area contributed by atoms with E-state index in [1.165, 1.54) is 24.2 Å². The van der Waals surface area contributed by atoms with Crippen molar-refractivity contribution in [1.82, 2.24) is 9.97 Å². The van der Waals surface area contributed by atoms with E-state index < -0.39 is 11.4 Å². The number of thioether (sulfide) groups is 1. The van der Waals surface area contributed by atoms with Gasteiger partial charge in [0.15, 0.2) is 11.8 Å². The van der Waals surface area contributed by atoms with Gasteiger partial charge >= 0.3 is 0 Å². The molecular formula is C23H24FN5O3S. The zero-order chi connectivity index (χ0) is 23.8. The van der Waals surface area contributed by atoms with Crippen LogP contribution in [-0.2, 0) is 10.3 Å². The van der Waals surface area contributed by atoms with Crippen molar-refractivity contribution in [1.29, 1.82) is 0 Å². The lowest BCUT2D eigenvalue weighted by atomic mass is 9.84. The molecule has 1 aromatic carbocycles. The second-order valence-electron chi connectivity index (χ2n) is 8.30. The largest absolute Gasteiger partial charge is 0.463 e. The number of rotatable bonds is 7. The summed E-state index contributed by atoms with van der Waals surface area (Å²) < 4.78 is 25.7. The Morgan fingerprint density at radius 3 is 2.88 bits per heavy atom. The average molecular weight is 470 g/mol. The molecule has 1 aliphatic heterocycles. The van der Waals surface area contributed by atoms with Crippen LogP contribution < -0.4 is 15.8 Å². The summed E-state index contributed by atoms with van der Waals surface area (Å²) in [6.45, 7) is 4.08. The van der Waals surface area contributed by atoms with Crippen LogP contribution in [0.3, 0.4) is 0 Å². The fourth-order valence-electron chi connectivity index (χ4n) is 4.36. The van der Waals surface area contributed by atoms with Gasteiger partial charge in [0.25, 0.3) is 5.91 Å². The molecule has 1 fully saturated rings. The minimum Gasteiger partial charge on any atom is -0.463 e. The van der Waals surface area contributed by atoms with E-state index in [0.29, 0.717) is 28.6 Å². The van der Waals surface area contributed by atoms with Crippen molar-refractivity contribution in [2.75, 3.05) is 25.6 Å². The van der Waals surface area contributed by atoms with Crippen molar-refractivity contribution in [2.24, 2.45) is 16.6 Å². The third-order valence-corrected chi connectivity index (χ3v) is 7.24. The monoisotopic (exact) mass is 469 g/mol. The van der Waals surface area contributed by atoms with Crippen molar-refractivity contribution < 1.29 is 18.7 Å². The van der Waals surface area contributed by atoms with Gasteiger partial charge in [-0.05, 0) is 38.0 Å². The van der Waals surface area contributed by atoms with E-state index >= 15 is 4.39 Å². The summed E-state index contributed by atoms with van der Waals surface area (Å²) in [5.74, 6) is 1.74. The number of nitrogens with two attached hydrogens (primary N) is 1. The number of aryl methyl sites for hydroxylation is 1. The Bertz CT molecular complexity index is 1170. The molecular weight excluding hydrogens is 445 g/mol. The first-order valence-corrected chi connectivity index (χ1v) is 11.1. The molecule has 1 aliphatic carbocycles. The van der Waals surface area contributed by atoms with Crippen molar-refractivity contribution in [3.05, 3.63) is 47.2 Å². The maximum absolute atomic E-state index is 15.3. The van der Waals surface area contributed by atoms with Gasteiger partial charge in [-0.2, -0.15) is 0 Å². The van der Waals surface area contributed by atoms with Crippen LogP contribution >= 0.6 is 11.8 Å². The number of ether oxygens (including phenoxy) is 2. The van der Waals surface area contributed by atoms with Crippen LogP contribution in [0.15, 0.2) is 29.5 Å². The number of benzene rings is 1. The van der Waals surface area contributed by atoms with E-state index in [1.807, 2.05) is 6.92 Å². The van der Waals surface area contributed by atoms with Crippen LogP contribution in [0.25, 0.3) is 0 Å².